The van der Waals surface area contributed by atoms with Crippen LogP contribution in [0, 0.1) is 6.92 Å². The number of hydrogen-bond donors (Lipinski definition) is 3. The van der Waals surface area contributed by atoms with Crippen LogP contribution in [-0.4, -0.2) is 14.6 Å². The molecule has 3 aromatic rings. The minimum Gasteiger partial charge on any atom is -0.383 e. The second-order valence-corrected chi connectivity index (χ2v) is 5.32. The van der Waals surface area contributed by atoms with Crippen molar-refractivity contribution in [1.82, 2.24) is 14.6 Å². The molecule has 0 aliphatic carbocycles. The lowest BCUT2D eigenvalue weighted by Gasteiger charge is -2.06. The SMILES string of the molecule is Cc1c(N)nsc1NCc1ccc(-c2ccn[nH]2)cc1. The molecule has 5 nitrogen and oxygen atoms in total. The third-order valence-corrected chi connectivity index (χ3v) is 4.10. The van der Waals surface area contributed by atoms with Crippen LogP contribution in [0.25, 0.3) is 11.3 Å². The first kappa shape index (κ1) is 12.7. The summed E-state index contributed by atoms with van der Waals surface area (Å²) in [4.78, 5) is 0. The van der Waals surface area contributed by atoms with Crippen LogP contribution in [0.15, 0.2) is 36.5 Å². The van der Waals surface area contributed by atoms with Crippen LogP contribution < -0.4 is 11.1 Å². The van der Waals surface area contributed by atoms with Crippen molar-refractivity contribution in [2.75, 3.05) is 11.1 Å². The van der Waals surface area contributed by atoms with E-state index in [9.17, 15) is 0 Å². The van der Waals surface area contributed by atoms with Gasteiger partial charge in [0.15, 0.2) is 0 Å². The number of rotatable bonds is 4. The van der Waals surface area contributed by atoms with Gasteiger partial charge in [-0.3, -0.25) is 5.10 Å². The van der Waals surface area contributed by atoms with Crippen molar-refractivity contribution in [3.05, 3.63) is 47.7 Å². The number of aromatic amines is 1. The fourth-order valence-corrected chi connectivity index (χ4v) is 2.62. The maximum absolute atomic E-state index is 5.73. The molecule has 20 heavy (non-hydrogen) atoms. The molecule has 0 saturated heterocycles. The molecule has 0 bridgehead atoms. The van der Waals surface area contributed by atoms with Crippen LogP contribution in [0.4, 0.5) is 10.8 Å². The summed E-state index contributed by atoms with van der Waals surface area (Å²) in [5, 5.41) is 11.3. The smallest absolute Gasteiger partial charge is 0.142 e. The Labute approximate surface area is 121 Å². The first-order valence-electron chi connectivity index (χ1n) is 6.28. The average Bonchev–Trinajstić information content (AvgIpc) is 3.10. The Balaban J connectivity index is 1.68. The quantitative estimate of drug-likeness (QED) is 0.688. The molecule has 0 amide bonds. The molecular weight excluding hydrogens is 270 g/mol. The maximum Gasteiger partial charge on any atom is 0.142 e. The van der Waals surface area contributed by atoms with E-state index in [0.717, 1.165) is 28.4 Å². The highest BCUT2D eigenvalue weighted by Gasteiger charge is 2.06. The van der Waals surface area contributed by atoms with Crippen LogP contribution in [-0.2, 0) is 6.54 Å². The molecule has 0 aliphatic rings. The Kier molecular flexibility index (Phi) is 3.39. The molecule has 0 atom stereocenters. The lowest BCUT2D eigenvalue weighted by atomic mass is 10.1. The Morgan fingerprint density at radius 2 is 2.05 bits per heavy atom. The molecule has 2 aromatic heterocycles. The first-order valence-corrected chi connectivity index (χ1v) is 7.05. The third-order valence-electron chi connectivity index (χ3n) is 3.18. The van der Waals surface area contributed by atoms with Gasteiger partial charge in [0.05, 0.1) is 5.69 Å². The Morgan fingerprint density at radius 1 is 1.25 bits per heavy atom. The van der Waals surface area contributed by atoms with Crippen molar-refractivity contribution in [3.63, 3.8) is 0 Å². The largest absolute Gasteiger partial charge is 0.383 e. The zero-order valence-corrected chi connectivity index (χ0v) is 11.9. The number of aromatic nitrogens is 3. The first-order chi connectivity index (χ1) is 9.74. The van der Waals surface area contributed by atoms with Gasteiger partial charge in [0.1, 0.15) is 10.8 Å². The van der Waals surface area contributed by atoms with E-state index in [2.05, 4.69) is 44.2 Å². The van der Waals surface area contributed by atoms with E-state index in [1.54, 1.807) is 6.20 Å². The summed E-state index contributed by atoms with van der Waals surface area (Å²) in [7, 11) is 0. The van der Waals surface area contributed by atoms with Gasteiger partial charge >= 0.3 is 0 Å². The number of nitrogens with one attached hydrogen (secondary N) is 2. The molecule has 0 spiro atoms. The van der Waals surface area contributed by atoms with Crippen molar-refractivity contribution in [2.24, 2.45) is 0 Å². The zero-order valence-electron chi connectivity index (χ0n) is 11.1. The van der Waals surface area contributed by atoms with E-state index in [-0.39, 0.29) is 0 Å². The Morgan fingerprint density at radius 3 is 2.65 bits per heavy atom. The summed E-state index contributed by atoms with van der Waals surface area (Å²) >= 11 is 1.40. The predicted octanol–water partition coefficient (Wildman–Crippen LogP) is 3.04. The molecule has 2 heterocycles. The van der Waals surface area contributed by atoms with Gasteiger partial charge < -0.3 is 11.1 Å². The number of nitrogens with zero attached hydrogens (tertiary/aromatic N) is 2. The van der Waals surface area contributed by atoms with E-state index < -0.39 is 0 Å². The van der Waals surface area contributed by atoms with Gasteiger partial charge in [-0.1, -0.05) is 24.3 Å². The summed E-state index contributed by atoms with van der Waals surface area (Å²) in [6, 6.07) is 10.3. The van der Waals surface area contributed by atoms with E-state index in [4.69, 9.17) is 5.73 Å². The average molecular weight is 285 g/mol. The van der Waals surface area contributed by atoms with Gasteiger partial charge in [-0.15, -0.1) is 0 Å². The van der Waals surface area contributed by atoms with Crippen LogP contribution in [0.1, 0.15) is 11.1 Å². The number of nitrogen functional groups attached to an aromatic ring is 1. The molecule has 0 aliphatic heterocycles. The molecule has 0 fully saturated rings. The van der Waals surface area contributed by atoms with Gasteiger partial charge in [0.2, 0.25) is 0 Å². The summed E-state index contributed by atoms with van der Waals surface area (Å²) in [6.07, 6.45) is 1.75. The fourth-order valence-electron chi connectivity index (χ4n) is 1.91. The second-order valence-electron chi connectivity index (χ2n) is 4.54. The minimum atomic E-state index is 0.604. The van der Waals surface area contributed by atoms with Crippen LogP contribution in [0.3, 0.4) is 0 Å². The van der Waals surface area contributed by atoms with Crippen LogP contribution >= 0.6 is 11.5 Å². The molecule has 6 heteroatoms. The molecular formula is C14H15N5S. The van der Waals surface area contributed by atoms with Crippen LogP contribution in [0.2, 0.25) is 0 Å². The van der Waals surface area contributed by atoms with E-state index in [0.29, 0.717) is 5.82 Å². The van der Waals surface area contributed by atoms with Gasteiger partial charge in [-0.05, 0) is 35.6 Å². The lowest BCUT2D eigenvalue weighted by molar-refractivity contribution is 1.09. The van der Waals surface area contributed by atoms with E-state index >= 15 is 0 Å². The van der Waals surface area contributed by atoms with E-state index in [1.165, 1.54) is 17.1 Å². The second kappa shape index (κ2) is 5.34. The topological polar surface area (TPSA) is 79.6 Å². The standard InChI is InChI=1S/C14H15N5S/c1-9-13(15)19-20-14(9)16-8-10-2-4-11(5-3-10)12-6-7-17-18-12/h2-7,16H,8H2,1H3,(H2,15,19)(H,17,18). The fraction of sp³-hybridized carbons (Fsp3) is 0.143. The van der Waals surface area contributed by atoms with Gasteiger partial charge in [-0.2, -0.15) is 9.47 Å². The monoisotopic (exact) mass is 285 g/mol. The highest BCUT2D eigenvalue weighted by atomic mass is 32.1. The van der Waals surface area contributed by atoms with Gasteiger partial charge in [0, 0.05) is 18.3 Å². The molecule has 1 aromatic carbocycles. The number of nitrogens with two attached hydrogens (primary N) is 1. The number of hydrogen-bond acceptors (Lipinski definition) is 5. The Hall–Kier alpha value is -2.34. The highest BCUT2D eigenvalue weighted by molar-refractivity contribution is 7.10. The normalized spacial score (nSPS) is 10.7. The number of anilines is 2. The number of H-pyrrole nitrogens is 1. The molecule has 4 N–H and O–H groups in total. The molecule has 0 saturated carbocycles. The van der Waals surface area contributed by atoms with Crippen molar-refractivity contribution >= 4 is 22.4 Å². The van der Waals surface area contributed by atoms with Crippen molar-refractivity contribution in [3.8, 4) is 11.3 Å². The lowest BCUT2D eigenvalue weighted by Crippen LogP contribution is -1.99. The van der Waals surface area contributed by atoms with Gasteiger partial charge in [0.25, 0.3) is 0 Å². The third kappa shape index (κ3) is 2.50. The molecule has 3 rings (SSSR count). The predicted molar refractivity (Wildman–Crippen MR) is 82.6 cm³/mol. The molecule has 0 unspecified atom stereocenters. The highest BCUT2D eigenvalue weighted by Crippen LogP contribution is 2.26. The summed E-state index contributed by atoms with van der Waals surface area (Å²) in [5.41, 5.74) is 10.1. The summed E-state index contributed by atoms with van der Waals surface area (Å²) in [6.45, 7) is 2.73. The van der Waals surface area contributed by atoms with E-state index in [1.807, 2.05) is 13.0 Å². The zero-order chi connectivity index (χ0) is 13.9. The van der Waals surface area contributed by atoms with Gasteiger partial charge in [-0.25, -0.2) is 0 Å². The summed E-state index contributed by atoms with van der Waals surface area (Å²) < 4.78 is 4.12. The van der Waals surface area contributed by atoms with Crippen molar-refractivity contribution < 1.29 is 0 Å². The maximum atomic E-state index is 5.73. The Bertz CT molecular complexity index is 685. The number of benzene rings is 1. The summed E-state index contributed by atoms with van der Waals surface area (Å²) in [5.74, 6) is 0.604. The minimum absolute atomic E-state index is 0.604. The van der Waals surface area contributed by atoms with Crippen molar-refractivity contribution in [2.45, 2.75) is 13.5 Å². The van der Waals surface area contributed by atoms with Crippen molar-refractivity contribution in [1.29, 1.82) is 0 Å². The van der Waals surface area contributed by atoms with Crippen LogP contribution in [0.5, 0.6) is 0 Å². The molecule has 102 valence electrons. The molecule has 0 radical (unpaired) electrons.